The van der Waals surface area contributed by atoms with Crippen molar-refractivity contribution in [1.82, 2.24) is 5.32 Å². The zero-order valence-corrected chi connectivity index (χ0v) is 11.0. The number of rotatable bonds is 3. The lowest BCUT2D eigenvalue weighted by atomic mass is 9.95. The Kier molecular flexibility index (Phi) is 4.25. The minimum absolute atomic E-state index is 0.0683. The Bertz CT molecular complexity index is 461. The van der Waals surface area contributed by atoms with E-state index in [1.165, 1.54) is 7.11 Å². The van der Waals surface area contributed by atoms with E-state index in [9.17, 15) is 9.59 Å². The number of methoxy groups -OCH3 is 1. The van der Waals surface area contributed by atoms with E-state index in [0.717, 1.165) is 22.6 Å². The first-order valence-corrected chi connectivity index (χ1v) is 6.77. The van der Waals surface area contributed by atoms with Gasteiger partial charge >= 0.3 is 5.97 Å². The molecule has 1 amide bonds. The van der Waals surface area contributed by atoms with Crippen LogP contribution in [0.15, 0.2) is 29.2 Å². The lowest BCUT2D eigenvalue weighted by molar-refractivity contribution is -0.141. The fourth-order valence-electron chi connectivity index (χ4n) is 1.97. The second-order valence-corrected chi connectivity index (χ2v) is 5.16. The van der Waals surface area contributed by atoms with Crippen molar-refractivity contribution in [3.05, 3.63) is 29.8 Å². The van der Waals surface area contributed by atoms with Gasteiger partial charge in [-0.1, -0.05) is 18.2 Å². The Balaban J connectivity index is 2.06. The molecule has 0 saturated carbocycles. The van der Waals surface area contributed by atoms with Crippen molar-refractivity contribution in [2.75, 3.05) is 19.4 Å². The molecular weight excluding hydrogens is 250 g/mol. The van der Waals surface area contributed by atoms with Crippen molar-refractivity contribution in [3.8, 4) is 0 Å². The summed E-state index contributed by atoms with van der Waals surface area (Å²) in [4.78, 5) is 24.2. The average Bonchev–Trinajstić information content (AvgIpc) is 2.43. The molecule has 1 heterocycles. The number of ether oxygens (including phenoxy) is 1. The van der Waals surface area contributed by atoms with Gasteiger partial charge in [0, 0.05) is 4.90 Å². The molecule has 1 N–H and O–H groups in total. The highest BCUT2D eigenvalue weighted by Gasteiger charge is 2.26. The van der Waals surface area contributed by atoms with Gasteiger partial charge < -0.3 is 10.1 Å². The number of esters is 1. The summed E-state index contributed by atoms with van der Waals surface area (Å²) in [5.41, 5.74) is 1.05. The van der Waals surface area contributed by atoms with Gasteiger partial charge in [-0.15, -0.1) is 11.8 Å². The van der Waals surface area contributed by atoms with E-state index >= 15 is 0 Å². The molecule has 4 nitrogen and oxygen atoms in total. The zero-order valence-electron chi connectivity index (χ0n) is 10.1. The SMILES string of the molecule is COC(=O)CNC(=O)C1CCSc2ccccc21. The molecule has 0 saturated heterocycles. The molecule has 18 heavy (non-hydrogen) atoms. The molecule has 5 heteroatoms. The van der Waals surface area contributed by atoms with Crippen LogP contribution in [0.4, 0.5) is 0 Å². The Morgan fingerprint density at radius 1 is 1.44 bits per heavy atom. The van der Waals surface area contributed by atoms with Crippen molar-refractivity contribution in [3.63, 3.8) is 0 Å². The van der Waals surface area contributed by atoms with Crippen LogP contribution in [0.25, 0.3) is 0 Å². The van der Waals surface area contributed by atoms with Crippen LogP contribution >= 0.6 is 11.8 Å². The number of amides is 1. The summed E-state index contributed by atoms with van der Waals surface area (Å²) in [6.45, 7) is -0.0683. The maximum Gasteiger partial charge on any atom is 0.325 e. The van der Waals surface area contributed by atoms with Crippen LogP contribution < -0.4 is 5.32 Å². The topological polar surface area (TPSA) is 55.4 Å². The van der Waals surface area contributed by atoms with Gasteiger partial charge in [0.25, 0.3) is 0 Å². The maximum atomic E-state index is 12.1. The third-order valence-corrected chi connectivity index (χ3v) is 4.03. The van der Waals surface area contributed by atoms with E-state index in [0.29, 0.717) is 0 Å². The van der Waals surface area contributed by atoms with Crippen LogP contribution in [0.1, 0.15) is 17.9 Å². The molecule has 0 spiro atoms. The predicted octanol–water partition coefficient (Wildman–Crippen LogP) is 1.56. The second kappa shape index (κ2) is 5.91. The predicted molar refractivity (Wildman–Crippen MR) is 69.5 cm³/mol. The molecule has 0 fully saturated rings. The fraction of sp³-hybridized carbons (Fsp3) is 0.385. The monoisotopic (exact) mass is 265 g/mol. The second-order valence-electron chi connectivity index (χ2n) is 4.02. The first-order valence-electron chi connectivity index (χ1n) is 5.78. The number of hydrogen-bond donors (Lipinski definition) is 1. The third kappa shape index (κ3) is 2.85. The summed E-state index contributed by atoms with van der Waals surface area (Å²) < 4.78 is 4.50. The van der Waals surface area contributed by atoms with E-state index in [-0.39, 0.29) is 18.4 Å². The van der Waals surface area contributed by atoms with Crippen LogP contribution in [0.5, 0.6) is 0 Å². The standard InChI is InChI=1S/C13H15NO3S/c1-17-12(15)8-14-13(16)10-6-7-18-11-5-3-2-4-9(10)11/h2-5,10H,6-8H2,1H3,(H,14,16). The summed E-state index contributed by atoms with van der Waals surface area (Å²) in [6.07, 6.45) is 0.800. The van der Waals surface area contributed by atoms with Gasteiger partial charge in [-0.25, -0.2) is 0 Å². The summed E-state index contributed by atoms with van der Waals surface area (Å²) in [5.74, 6) is 0.231. The number of benzene rings is 1. The summed E-state index contributed by atoms with van der Waals surface area (Å²) in [5, 5.41) is 2.62. The Morgan fingerprint density at radius 3 is 3.00 bits per heavy atom. The lowest BCUT2D eigenvalue weighted by Crippen LogP contribution is -2.35. The van der Waals surface area contributed by atoms with E-state index < -0.39 is 5.97 Å². The highest BCUT2D eigenvalue weighted by molar-refractivity contribution is 7.99. The maximum absolute atomic E-state index is 12.1. The molecule has 1 aromatic rings. The van der Waals surface area contributed by atoms with Crippen LogP contribution in [0, 0.1) is 0 Å². The highest BCUT2D eigenvalue weighted by atomic mass is 32.2. The highest BCUT2D eigenvalue weighted by Crippen LogP contribution is 2.37. The van der Waals surface area contributed by atoms with Gasteiger partial charge in [0.05, 0.1) is 13.0 Å². The quantitative estimate of drug-likeness (QED) is 0.843. The van der Waals surface area contributed by atoms with E-state index in [1.54, 1.807) is 11.8 Å². The minimum Gasteiger partial charge on any atom is -0.468 e. The van der Waals surface area contributed by atoms with Crippen molar-refractivity contribution < 1.29 is 14.3 Å². The number of hydrogen-bond acceptors (Lipinski definition) is 4. The fourth-order valence-corrected chi connectivity index (χ4v) is 3.09. The van der Waals surface area contributed by atoms with E-state index in [2.05, 4.69) is 10.1 Å². The molecule has 1 unspecified atom stereocenters. The van der Waals surface area contributed by atoms with Gasteiger partial charge in [-0.2, -0.15) is 0 Å². The summed E-state index contributed by atoms with van der Waals surface area (Å²) in [6, 6.07) is 7.91. The number of carbonyl (C=O) groups is 2. The molecule has 1 aliphatic heterocycles. The minimum atomic E-state index is -0.429. The summed E-state index contributed by atoms with van der Waals surface area (Å²) in [7, 11) is 1.31. The van der Waals surface area contributed by atoms with Gasteiger partial charge in [0.15, 0.2) is 0 Å². The normalized spacial score (nSPS) is 17.7. The Morgan fingerprint density at radius 2 is 2.22 bits per heavy atom. The smallest absolute Gasteiger partial charge is 0.325 e. The van der Waals surface area contributed by atoms with Crippen molar-refractivity contribution in [1.29, 1.82) is 0 Å². The molecule has 96 valence electrons. The van der Waals surface area contributed by atoms with Gasteiger partial charge in [0.1, 0.15) is 6.54 Å². The summed E-state index contributed by atoms with van der Waals surface area (Å²) >= 11 is 1.77. The van der Waals surface area contributed by atoms with Gasteiger partial charge in [-0.05, 0) is 23.8 Å². The molecule has 0 aliphatic carbocycles. The van der Waals surface area contributed by atoms with Crippen LogP contribution in [0.2, 0.25) is 0 Å². The number of carbonyl (C=O) groups excluding carboxylic acids is 2. The number of fused-ring (bicyclic) bond motifs is 1. The van der Waals surface area contributed by atoms with E-state index in [4.69, 9.17) is 0 Å². The molecule has 2 rings (SSSR count). The van der Waals surface area contributed by atoms with Crippen molar-refractivity contribution in [2.45, 2.75) is 17.2 Å². The molecule has 0 aromatic heterocycles. The van der Waals surface area contributed by atoms with Crippen LogP contribution in [0.3, 0.4) is 0 Å². The van der Waals surface area contributed by atoms with Gasteiger partial charge in [0.2, 0.25) is 5.91 Å². The first kappa shape index (κ1) is 13.0. The number of thioether (sulfide) groups is 1. The average molecular weight is 265 g/mol. The van der Waals surface area contributed by atoms with E-state index in [1.807, 2.05) is 24.3 Å². The number of nitrogens with one attached hydrogen (secondary N) is 1. The molecule has 0 radical (unpaired) electrons. The molecule has 1 atom stereocenters. The largest absolute Gasteiger partial charge is 0.468 e. The van der Waals surface area contributed by atoms with Crippen molar-refractivity contribution in [2.24, 2.45) is 0 Å². The zero-order chi connectivity index (χ0) is 13.0. The molecule has 1 aromatic carbocycles. The van der Waals surface area contributed by atoms with Crippen LogP contribution in [-0.4, -0.2) is 31.3 Å². The Labute approximate surface area is 110 Å². The van der Waals surface area contributed by atoms with Crippen LogP contribution in [-0.2, 0) is 14.3 Å². The van der Waals surface area contributed by atoms with Gasteiger partial charge in [-0.3, -0.25) is 9.59 Å². The molecule has 1 aliphatic rings. The first-order chi connectivity index (χ1) is 8.72. The van der Waals surface area contributed by atoms with Crippen molar-refractivity contribution >= 4 is 23.6 Å². The molecule has 0 bridgehead atoms. The Hall–Kier alpha value is -1.49. The third-order valence-electron chi connectivity index (χ3n) is 2.91. The lowest BCUT2D eigenvalue weighted by Gasteiger charge is -2.23. The molecular formula is C13H15NO3S.